The predicted octanol–water partition coefficient (Wildman–Crippen LogP) is 1.27. The molecule has 0 saturated carbocycles. The smallest absolute Gasteiger partial charge is 0.206 e. The van der Waals surface area contributed by atoms with Crippen LogP contribution in [0.15, 0.2) is 47.9 Å². The summed E-state index contributed by atoms with van der Waals surface area (Å²) in [7, 11) is 2.09. The van der Waals surface area contributed by atoms with Crippen LogP contribution >= 0.6 is 0 Å². The average molecular weight is 215 g/mol. The van der Waals surface area contributed by atoms with Crippen LogP contribution in [0.3, 0.4) is 0 Å². The summed E-state index contributed by atoms with van der Waals surface area (Å²) in [5, 5.41) is 13.3. The first-order valence-corrected chi connectivity index (χ1v) is 5.57. The van der Waals surface area contributed by atoms with Crippen molar-refractivity contribution >= 4 is 5.71 Å². The molecule has 0 bridgehead atoms. The highest BCUT2D eigenvalue weighted by Crippen LogP contribution is 2.22. The third-order valence-corrected chi connectivity index (χ3v) is 3.44. The Morgan fingerprint density at radius 3 is 3.12 bits per heavy atom. The fourth-order valence-corrected chi connectivity index (χ4v) is 2.53. The van der Waals surface area contributed by atoms with E-state index < -0.39 is 0 Å². The molecule has 3 rings (SSSR count). The minimum atomic E-state index is -0.0796. The molecule has 2 unspecified atom stereocenters. The van der Waals surface area contributed by atoms with E-state index in [-0.39, 0.29) is 6.04 Å². The summed E-state index contributed by atoms with van der Waals surface area (Å²) in [6, 6.07) is 0.302. The molecule has 0 aromatic carbocycles. The van der Waals surface area contributed by atoms with Crippen LogP contribution in [-0.2, 0) is 0 Å². The number of fused-ring (bicyclic) bond motifs is 2. The van der Waals surface area contributed by atoms with Gasteiger partial charge in [0.2, 0.25) is 5.71 Å². The third-order valence-electron chi connectivity index (χ3n) is 3.44. The molecule has 0 aromatic rings. The summed E-state index contributed by atoms with van der Waals surface area (Å²) in [5.41, 5.74) is 2.33. The van der Waals surface area contributed by atoms with Crippen molar-refractivity contribution in [1.82, 2.24) is 5.32 Å². The van der Waals surface area contributed by atoms with Gasteiger partial charge in [-0.25, -0.2) is 4.58 Å². The van der Waals surface area contributed by atoms with Gasteiger partial charge in [-0.05, 0) is 12.2 Å². The van der Waals surface area contributed by atoms with Crippen LogP contribution in [0, 0.1) is 0 Å². The summed E-state index contributed by atoms with van der Waals surface area (Å²) in [6.45, 7) is 0. The minimum absolute atomic E-state index is 0.0796. The van der Waals surface area contributed by atoms with E-state index in [4.69, 9.17) is 0 Å². The van der Waals surface area contributed by atoms with E-state index in [0.29, 0.717) is 11.8 Å². The molecule has 1 heterocycles. The average Bonchev–Trinajstić information content (AvgIpc) is 2.31. The molecular formula is C13H15N2O+. The molecule has 0 amide bonds. The molecule has 0 radical (unpaired) electrons. The highest BCUT2D eigenvalue weighted by molar-refractivity contribution is 5.99. The van der Waals surface area contributed by atoms with Crippen molar-refractivity contribution in [3.8, 4) is 0 Å². The zero-order valence-corrected chi connectivity index (χ0v) is 9.22. The zero-order chi connectivity index (χ0) is 11.1. The van der Waals surface area contributed by atoms with Crippen molar-refractivity contribution in [2.24, 2.45) is 0 Å². The molecule has 3 aliphatic rings. The van der Waals surface area contributed by atoms with Crippen molar-refractivity contribution in [1.29, 1.82) is 0 Å². The van der Waals surface area contributed by atoms with Gasteiger partial charge in [0, 0.05) is 12.5 Å². The summed E-state index contributed by atoms with van der Waals surface area (Å²) >= 11 is 0. The van der Waals surface area contributed by atoms with E-state index in [1.807, 2.05) is 6.08 Å². The van der Waals surface area contributed by atoms with Gasteiger partial charge >= 0.3 is 0 Å². The topological polar surface area (TPSA) is 35.3 Å². The second-order valence-corrected chi connectivity index (χ2v) is 4.37. The Labute approximate surface area is 94.8 Å². The SMILES string of the molecule is C[N+]1=C2C=CC=C(O)C2NC2=CC=CCC21. The Bertz CT molecular complexity index is 480. The van der Waals surface area contributed by atoms with Crippen LogP contribution in [0.1, 0.15) is 6.42 Å². The predicted molar refractivity (Wildman–Crippen MR) is 63.6 cm³/mol. The van der Waals surface area contributed by atoms with Crippen LogP contribution in [0.5, 0.6) is 0 Å². The fraction of sp³-hybridized carbons (Fsp3) is 0.308. The number of nitrogens with one attached hydrogen (secondary N) is 1. The second kappa shape index (κ2) is 3.37. The van der Waals surface area contributed by atoms with E-state index in [1.165, 1.54) is 5.70 Å². The van der Waals surface area contributed by atoms with Crippen LogP contribution in [0.4, 0.5) is 0 Å². The first kappa shape index (κ1) is 9.46. The highest BCUT2D eigenvalue weighted by Gasteiger charge is 2.38. The number of rotatable bonds is 0. The van der Waals surface area contributed by atoms with E-state index in [1.54, 1.807) is 6.08 Å². The first-order chi connectivity index (χ1) is 7.77. The van der Waals surface area contributed by atoms with Gasteiger partial charge in [0.25, 0.3) is 0 Å². The normalized spacial score (nSPS) is 31.3. The van der Waals surface area contributed by atoms with Crippen LogP contribution in [0.25, 0.3) is 0 Å². The van der Waals surface area contributed by atoms with Gasteiger partial charge < -0.3 is 10.4 Å². The summed E-state index contributed by atoms with van der Waals surface area (Å²) in [4.78, 5) is 0. The quantitative estimate of drug-likeness (QED) is 0.597. The Kier molecular flexibility index (Phi) is 1.99. The number of allylic oxidation sites excluding steroid dienone is 4. The van der Waals surface area contributed by atoms with Crippen molar-refractivity contribution in [2.45, 2.75) is 18.5 Å². The third kappa shape index (κ3) is 1.24. The molecule has 2 N–H and O–H groups in total. The summed E-state index contributed by atoms with van der Waals surface area (Å²) in [5.74, 6) is 0.387. The molecule has 0 fully saturated rings. The van der Waals surface area contributed by atoms with Crippen molar-refractivity contribution < 1.29 is 9.68 Å². The molecular weight excluding hydrogens is 200 g/mol. The Morgan fingerprint density at radius 1 is 1.38 bits per heavy atom. The van der Waals surface area contributed by atoms with Gasteiger partial charge in [-0.2, -0.15) is 0 Å². The monoisotopic (exact) mass is 215 g/mol. The molecule has 0 saturated heterocycles. The lowest BCUT2D eigenvalue weighted by molar-refractivity contribution is -0.532. The number of nitrogens with zero attached hydrogens (tertiary/aromatic N) is 1. The molecule has 3 heteroatoms. The Balaban J connectivity index is 2.09. The standard InChI is InChI=1S/C13H14N2O/c1-15-10-6-3-2-5-9(10)14-13-11(15)7-4-8-12(13)16/h2-5,7-8,10,13-14H,6H2,1H3/p+1. The maximum Gasteiger partial charge on any atom is 0.206 e. The second-order valence-electron chi connectivity index (χ2n) is 4.37. The molecule has 16 heavy (non-hydrogen) atoms. The maximum atomic E-state index is 9.87. The number of aliphatic hydroxyl groups excluding tert-OH is 1. The molecule has 0 aromatic heterocycles. The molecule has 82 valence electrons. The fourth-order valence-electron chi connectivity index (χ4n) is 2.53. The van der Waals surface area contributed by atoms with Gasteiger partial charge in [0.1, 0.15) is 12.8 Å². The minimum Gasteiger partial charge on any atom is -0.509 e. The van der Waals surface area contributed by atoms with Gasteiger partial charge in [-0.15, -0.1) is 0 Å². The van der Waals surface area contributed by atoms with Crippen LogP contribution in [-0.4, -0.2) is 34.5 Å². The summed E-state index contributed by atoms with van der Waals surface area (Å²) in [6.07, 6.45) is 13.1. The van der Waals surface area contributed by atoms with Crippen molar-refractivity contribution in [2.75, 3.05) is 7.05 Å². The lowest BCUT2D eigenvalue weighted by Gasteiger charge is -2.31. The van der Waals surface area contributed by atoms with E-state index in [9.17, 15) is 5.11 Å². The van der Waals surface area contributed by atoms with E-state index in [2.05, 4.69) is 41.2 Å². The van der Waals surface area contributed by atoms with Crippen molar-refractivity contribution in [3.05, 3.63) is 47.9 Å². The molecule has 2 atom stereocenters. The largest absolute Gasteiger partial charge is 0.509 e. The lowest BCUT2D eigenvalue weighted by Crippen LogP contribution is -2.53. The van der Waals surface area contributed by atoms with E-state index >= 15 is 0 Å². The van der Waals surface area contributed by atoms with Gasteiger partial charge in [0.05, 0.1) is 5.70 Å². The van der Waals surface area contributed by atoms with Gasteiger partial charge in [-0.3, -0.25) is 0 Å². The van der Waals surface area contributed by atoms with Gasteiger partial charge in [-0.1, -0.05) is 18.2 Å². The maximum absolute atomic E-state index is 9.87. The van der Waals surface area contributed by atoms with Gasteiger partial charge in [0.15, 0.2) is 12.1 Å². The number of likely N-dealkylation sites (N-methyl/N-ethyl adjacent to an activating group) is 1. The van der Waals surface area contributed by atoms with Crippen LogP contribution < -0.4 is 5.32 Å². The Morgan fingerprint density at radius 2 is 2.25 bits per heavy atom. The molecule has 1 aliphatic heterocycles. The molecule has 3 nitrogen and oxygen atoms in total. The van der Waals surface area contributed by atoms with Crippen LogP contribution in [0.2, 0.25) is 0 Å². The zero-order valence-electron chi connectivity index (χ0n) is 9.22. The first-order valence-electron chi connectivity index (χ1n) is 5.57. The number of hydrogen-bond acceptors (Lipinski definition) is 2. The van der Waals surface area contributed by atoms with E-state index in [0.717, 1.165) is 12.1 Å². The lowest BCUT2D eigenvalue weighted by atomic mass is 9.94. The molecule has 0 spiro atoms. The summed E-state index contributed by atoms with van der Waals surface area (Å²) < 4.78 is 2.25. The number of hydrogen-bond donors (Lipinski definition) is 2. The Hall–Kier alpha value is -1.77. The number of aliphatic hydroxyl groups is 1. The van der Waals surface area contributed by atoms with Crippen molar-refractivity contribution in [3.63, 3.8) is 0 Å². The highest BCUT2D eigenvalue weighted by atomic mass is 16.3. The molecule has 2 aliphatic carbocycles.